The zero-order valence-corrected chi connectivity index (χ0v) is 16.3. The maximum Gasteiger partial charge on any atom is 0.305 e. The summed E-state index contributed by atoms with van der Waals surface area (Å²) in [6.07, 6.45) is 1.03. The van der Waals surface area contributed by atoms with E-state index in [0.29, 0.717) is 12.8 Å². The van der Waals surface area contributed by atoms with Crippen LogP contribution in [-0.4, -0.2) is 52.3 Å². The van der Waals surface area contributed by atoms with E-state index >= 15 is 0 Å². The van der Waals surface area contributed by atoms with Crippen molar-refractivity contribution < 1.29 is 23.9 Å². The molecule has 0 aromatic rings. The van der Waals surface area contributed by atoms with Crippen molar-refractivity contribution in [1.29, 1.82) is 0 Å². The normalized spacial score (nSPS) is 23.7. The predicted octanol–water partition coefficient (Wildman–Crippen LogP) is 0.644. The van der Waals surface area contributed by atoms with Gasteiger partial charge in [-0.15, -0.1) is 0 Å². The van der Waals surface area contributed by atoms with Crippen LogP contribution in [0.2, 0.25) is 0 Å². The first-order valence-corrected chi connectivity index (χ1v) is 9.28. The number of carbonyl (C=O) groups excluding carboxylic acids is 4. The monoisotopic (exact) mass is 456 g/mol. The van der Waals surface area contributed by atoms with Crippen LogP contribution in [0.1, 0.15) is 26.2 Å². The molecule has 0 radical (unpaired) electrons. The molecule has 130 valence electrons. The maximum atomic E-state index is 12.5. The van der Waals surface area contributed by atoms with E-state index in [1.807, 2.05) is 0 Å². The zero-order chi connectivity index (χ0) is 17.6. The number of halogens is 1. The van der Waals surface area contributed by atoms with Crippen LogP contribution in [0, 0.1) is 5.92 Å². The van der Waals surface area contributed by atoms with E-state index in [0.717, 1.165) is 11.8 Å². The molecule has 0 aromatic carbocycles. The molecule has 2 N–H and O–H groups in total. The van der Waals surface area contributed by atoms with Crippen LogP contribution in [-0.2, 0) is 23.9 Å². The Morgan fingerprint density at radius 2 is 2.04 bits per heavy atom. The molecule has 1 rings (SSSR count). The summed E-state index contributed by atoms with van der Waals surface area (Å²) in [6, 6.07) is -0.729. The Morgan fingerprint density at radius 1 is 1.39 bits per heavy atom. The topological polar surface area (TPSA) is 102 Å². The first-order valence-electron chi connectivity index (χ1n) is 7.22. The highest BCUT2D eigenvalue weighted by Gasteiger charge is 2.60. The Bertz CT molecular complexity index is 502. The summed E-state index contributed by atoms with van der Waals surface area (Å²) in [6.45, 7) is 1.74. The van der Waals surface area contributed by atoms with Gasteiger partial charge in [-0.2, -0.15) is 0 Å². The van der Waals surface area contributed by atoms with Gasteiger partial charge in [0.15, 0.2) is 5.12 Å². The highest BCUT2D eigenvalue weighted by atomic mass is 127. The number of ether oxygens (including phenoxy) is 1. The van der Waals surface area contributed by atoms with Gasteiger partial charge in [0.25, 0.3) is 0 Å². The highest BCUT2D eigenvalue weighted by Crippen LogP contribution is 2.46. The molecule has 23 heavy (non-hydrogen) atoms. The number of methoxy groups -OCH3 is 1. The third-order valence-corrected chi connectivity index (χ3v) is 5.74. The van der Waals surface area contributed by atoms with Crippen LogP contribution in [0.3, 0.4) is 0 Å². The number of hydrogen-bond acceptors (Lipinski definition) is 7. The number of nitrogens with one attached hydrogen (secondary N) is 2. The van der Waals surface area contributed by atoms with Gasteiger partial charge >= 0.3 is 5.97 Å². The third kappa shape index (κ3) is 5.42. The number of hydrogen-bond donors (Lipinski definition) is 2. The van der Waals surface area contributed by atoms with Crippen LogP contribution < -0.4 is 10.6 Å². The summed E-state index contributed by atoms with van der Waals surface area (Å²) in [7, 11) is 2.95. The molecular weight excluding hydrogens is 435 g/mol. The van der Waals surface area contributed by atoms with Crippen molar-refractivity contribution in [3.63, 3.8) is 0 Å². The van der Waals surface area contributed by atoms with Crippen molar-refractivity contribution in [2.24, 2.45) is 5.92 Å². The lowest BCUT2D eigenvalue weighted by Gasteiger charge is -2.20. The fourth-order valence-electron chi connectivity index (χ4n) is 2.29. The Labute approximate surface area is 153 Å². The van der Waals surface area contributed by atoms with Crippen LogP contribution in [0.25, 0.3) is 0 Å². The maximum absolute atomic E-state index is 12.5. The summed E-state index contributed by atoms with van der Waals surface area (Å²) < 4.78 is 4.39. The standard InChI is InChI=1S/C14H21IN2O5S/c1-4-11(19)23-7-9(12(15)20)17-13(21)14(16-2)6-8(14)5-10(18)22-3/h8-9,16H,4-7H2,1-3H3,(H,17,21)/t8?,9-,14+/m0/s1. The van der Waals surface area contributed by atoms with Gasteiger partial charge in [0.1, 0.15) is 11.6 Å². The number of likely N-dealkylation sites (N-methyl/N-ethyl adjacent to an activating group) is 1. The highest BCUT2D eigenvalue weighted by molar-refractivity contribution is 14.1. The van der Waals surface area contributed by atoms with Gasteiger partial charge in [0.2, 0.25) is 9.70 Å². The number of carbonyl (C=O) groups is 4. The summed E-state index contributed by atoms with van der Waals surface area (Å²) >= 11 is 2.65. The minimum atomic E-state index is -0.849. The average molecular weight is 456 g/mol. The molecule has 0 saturated heterocycles. The lowest BCUT2D eigenvalue weighted by molar-refractivity contribution is -0.141. The Kier molecular flexibility index (Phi) is 7.95. The first-order chi connectivity index (χ1) is 10.8. The summed E-state index contributed by atoms with van der Waals surface area (Å²) in [5, 5.41) is 5.60. The molecule has 0 bridgehead atoms. The van der Waals surface area contributed by atoms with E-state index in [4.69, 9.17) is 0 Å². The molecule has 1 saturated carbocycles. The average Bonchev–Trinajstić information content (AvgIpc) is 3.24. The number of thioether (sulfide) groups is 1. The smallest absolute Gasteiger partial charge is 0.305 e. The Balaban J connectivity index is 2.65. The summed E-state index contributed by atoms with van der Waals surface area (Å²) in [5.74, 6) is -0.643. The van der Waals surface area contributed by atoms with Crippen molar-refractivity contribution in [3.8, 4) is 0 Å². The second-order valence-electron chi connectivity index (χ2n) is 5.27. The number of esters is 1. The predicted molar refractivity (Wildman–Crippen MR) is 95.2 cm³/mol. The Hall–Kier alpha value is -0.680. The van der Waals surface area contributed by atoms with E-state index in [2.05, 4.69) is 15.4 Å². The quantitative estimate of drug-likeness (QED) is 0.298. The van der Waals surface area contributed by atoms with Gasteiger partial charge in [0.05, 0.1) is 13.5 Å². The fraction of sp³-hybridized carbons (Fsp3) is 0.714. The molecule has 0 aromatic heterocycles. The lowest BCUT2D eigenvalue weighted by atomic mass is 10.1. The molecule has 0 aliphatic heterocycles. The van der Waals surface area contributed by atoms with Gasteiger partial charge in [-0.3, -0.25) is 19.2 Å². The second-order valence-corrected chi connectivity index (χ2v) is 7.41. The molecule has 1 unspecified atom stereocenters. The molecule has 1 fully saturated rings. The van der Waals surface area contributed by atoms with E-state index < -0.39 is 11.6 Å². The van der Waals surface area contributed by atoms with E-state index in [-0.39, 0.29) is 38.9 Å². The Morgan fingerprint density at radius 3 is 2.52 bits per heavy atom. The van der Waals surface area contributed by atoms with Gasteiger partial charge in [-0.1, -0.05) is 18.7 Å². The number of rotatable bonds is 9. The number of amides is 1. The van der Waals surface area contributed by atoms with Gasteiger partial charge in [-0.05, 0) is 19.4 Å². The molecule has 3 atom stereocenters. The van der Waals surface area contributed by atoms with Crippen LogP contribution >= 0.6 is 34.4 Å². The van der Waals surface area contributed by atoms with Gasteiger partial charge in [0, 0.05) is 34.8 Å². The fourth-order valence-corrected chi connectivity index (χ4v) is 3.75. The van der Waals surface area contributed by atoms with Crippen LogP contribution in [0.15, 0.2) is 0 Å². The SMILES string of the molecule is CCC(=O)SC[C@H](NC(=O)[C@@]1(NC)CC1CC(=O)OC)C(=O)I. The van der Waals surface area contributed by atoms with Gasteiger partial charge in [-0.25, -0.2) is 0 Å². The van der Waals surface area contributed by atoms with E-state index in [1.54, 1.807) is 36.6 Å². The first kappa shape index (κ1) is 20.4. The van der Waals surface area contributed by atoms with Crippen molar-refractivity contribution in [2.45, 2.75) is 37.8 Å². The second kappa shape index (κ2) is 8.97. The lowest BCUT2D eigenvalue weighted by Crippen LogP contribution is -2.52. The molecule has 7 nitrogen and oxygen atoms in total. The molecular formula is C14H21IN2O5S. The van der Waals surface area contributed by atoms with E-state index in [1.165, 1.54) is 7.11 Å². The molecule has 0 spiro atoms. The molecule has 9 heteroatoms. The summed E-state index contributed by atoms with van der Waals surface area (Å²) in [5.41, 5.74) is -0.849. The van der Waals surface area contributed by atoms with Crippen molar-refractivity contribution in [3.05, 3.63) is 0 Å². The minimum Gasteiger partial charge on any atom is -0.469 e. The zero-order valence-electron chi connectivity index (χ0n) is 13.3. The van der Waals surface area contributed by atoms with Crippen molar-refractivity contribution in [2.75, 3.05) is 19.9 Å². The van der Waals surface area contributed by atoms with Crippen molar-refractivity contribution in [1.82, 2.24) is 10.6 Å². The summed E-state index contributed by atoms with van der Waals surface area (Å²) in [4.78, 5) is 46.9. The third-order valence-electron chi connectivity index (χ3n) is 3.88. The molecule has 1 amide bonds. The molecule has 1 aliphatic rings. The largest absolute Gasteiger partial charge is 0.469 e. The van der Waals surface area contributed by atoms with Crippen LogP contribution in [0.5, 0.6) is 0 Å². The molecule has 1 aliphatic carbocycles. The van der Waals surface area contributed by atoms with Gasteiger partial charge < -0.3 is 15.4 Å². The minimum absolute atomic E-state index is 0.0276. The molecule has 0 heterocycles. The van der Waals surface area contributed by atoms with E-state index in [9.17, 15) is 19.2 Å². The van der Waals surface area contributed by atoms with Crippen molar-refractivity contribution >= 4 is 55.1 Å². The van der Waals surface area contributed by atoms with Crippen LogP contribution in [0.4, 0.5) is 0 Å².